The van der Waals surface area contributed by atoms with E-state index in [2.05, 4.69) is 220 Å². The Kier molecular flexibility index (Phi) is 11.6. The third kappa shape index (κ3) is 9.08. The molecule has 0 saturated carbocycles. The molecule has 0 spiro atoms. The Morgan fingerprint density at radius 1 is 0.352 bits per heavy atom. The molecule has 5 aromatic carbocycles. The van der Waals surface area contributed by atoms with Crippen LogP contribution in [-0.4, -0.2) is 0 Å². The average Bonchev–Trinajstić information content (AvgIpc) is 3.08. The molecule has 0 saturated heterocycles. The zero-order valence-corrected chi connectivity index (χ0v) is 36.6. The van der Waals surface area contributed by atoms with Crippen molar-refractivity contribution in [1.82, 2.24) is 0 Å². The fourth-order valence-electron chi connectivity index (χ4n) is 7.75. The third-order valence-corrected chi connectivity index (χ3v) is 11.4. The molecule has 5 aromatic rings. The Hall–Kier alpha value is -4.03. The standard InChI is InChI=1S/C54H69/c1-35(2)45-33-46(36(3)4)48(50(39-21-29-43(30-22-39)53(11,12)13)40-23-31-44(32-24-40)54(14,15)16)34-47(45)49(37-17-25-41(26-18-37)51(5,6)7)38-19-27-42(28-20-38)52(8,9)10/h17-36,49H,1-16H3/q+1. The number of rotatable bonds is 8. The van der Waals surface area contributed by atoms with Crippen molar-refractivity contribution in [2.75, 3.05) is 0 Å². The predicted molar refractivity (Wildman–Crippen MR) is 237 cm³/mol. The van der Waals surface area contributed by atoms with Gasteiger partial charge in [0.1, 0.15) is 0 Å². The van der Waals surface area contributed by atoms with Gasteiger partial charge in [0.25, 0.3) is 0 Å². The minimum atomic E-state index is 0.0817. The van der Waals surface area contributed by atoms with Crippen LogP contribution in [0.2, 0.25) is 0 Å². The molecule has 0 nitrogen and oxygen atoms in total. The van der Waals surface area contributed by atoms with E-state index in [0.29, 0.717) is 11.8 Å². The topological polar surface area (TPSA) is 0 Å². The molecule has 0 aliphatic rings. The van der Waals surface area contributed by atoms with Gasteiger partial charge in [-0.25, -0.2) is 0 Å². The van der Waals surface area contributed by atoms with Gasteiger partial charge in [-0.2, -0.15) is 0 Å². The van der Waals surface area contributed by atoms with E-state index in [0.717, 1.165) is 0 Å². The van der Waals surface area contributed by atoms with Gasteiger partial charge in [0.2, 0.25) is 0 Å². The summed E-state index contributed by atoms with van der Waals surface area (Å²) in [5.74, 6) is 2.09. The minimum absolute atomic E-state index is 0.0817. The minimum Gasteiger partial charge on any atom is -0.0586 e. The van der Waals surface area contributed by atoms with Crippen molar-refractivity contribution in [3.63, 3.8) is 0 Å². The van der Waals surface area contributed by atoms with Crippen LogP contribution in [0.4, 0.5) is 0 Å². The molecular weight excluding hydrogens is 649 g/mol. The van der Waals surface area contributed by atoms with E-state index in [1.54, 1.807) is 0 Å². The van der Waals surface area contributed by atoms with Crippen molar-refractivity contribution in [3.05, 3.63) is 182 Å². The second-order valence-electron chi connectivity index (χ2n) is 20.6. The maximum Gasteiger partial charge on any atom is 0.0634 e. The summed E-state index contributed by atoms with van der Waals surface area (Å²) in [4.78, 5) is 0. The highest BCUT2D eigenvalue weighted by Gasteiger charge is 2.33. The SMILES string of the molecule is CC(C)c1cc(C(C)C)c(C(c2ccc(C(C)(C)C)cc2)c2ccc(C(C)(C)C)cc2)cc1[C+](c1ccc(C(C)(C)C)cc1)c1ccc(C(C)(C)C)cc1. The van der Waals surface area contributed by atoms with Crippen molar-refractivity contribution < 1.29 is 0 Å². The van der Waals surface area contributed by atoms with Crippen molar-refractivity contribution in [1.29, 1.82) is 0 Å². The summed E-state index contributed by atoms with van der Waals surface area (Å²) in [5, 5.41) is 0. The quantitative estimate of drug-likeness (QED) is 0.111. The normalized spacial score (nSPS) is 12.9. The van der Waals surface area contributed by atoms with Crippen LogP contribution in [0.5, 0.6) is 0 Å². The highest BCUT2D eigenvalue weighted by atomic mass is 14.3. The first-order chi connectivity index (χ1) is 25.0. The van der Waals surface area contributed by atoms with Gasteiger partial charge in [0.15, 0.2) is 0 Å². The fraction of sp³-hybridized carbons (Fsp3) is 0.426. The average molecular weight is 718 g/mol. The molecule has 0 amide bonds. The van der Waals surface area contributed by atoms with E-state index >= 15 is 0 Å². The Balaban J connectivity index is 1.84. The largest absolute Gasteiger partial charge is 0.0634 e. The van der Waals surface area contributed by atoms with Gasteiger partial charge in [-0.05, 0) is 139 Å². The molecule has 0 N–H and O–H groups in total. The molecular formula is C54H69+. The predicted octanol–water partition coefficient (Wildman–Crippen LogP) is 15.3. The highest BCUT2D eigenvalue weighted by molar-refractivity contribution is 5.64. The molecule has 5 rings (SSSR count). The number of hydrogen-bond donors (Lipinski definition) is 0. The van der Waals surface area contributed by atoms with Gasteiger partial charge in [-0.1, -0.05) is 159 Å². The maximum atomic E-state index is 2.59. The van der Waals surface area contributed by atoms with Gasteiger partial charge >= 0.3 is 0 Å². The van der Waals surface area contributed by atoms with E-state index in [-0.39, 0.29) is 27.6 Å². The first-order valence-electron chi connectivity index (χ1n) is 20.4. The summed E-state index contributed by atoms with van der Waals surface area (Å²) in [6.45, 7) is 37.1. The van der Waals surface area contributed by atoms with Crippen LogP contribution < -0.4 is 0 Å². The smallest absolute Gasteiger partial charge is 0.0586 e. The van der Waals surface area contributed by atoms with Crippen LogP contribution in [0, 0.1) is 5.92 Å². The number of benzene rings is 5. The van der Waals surface area contributed by atoms with E-state index in [1.165, 1.54) is 72.7 Å². The fourth-order valence-corrected chi connectivity index (χ4v) is 7.75. The second-order valence-corrected chi connectivity index (χ2v) is 20.6. The summed E-state index contributed by atoms with van der Waals surface area (Å²) in [7, 11) is 0. The summed E-state index contributed by atoms with van der Waals surface area (Å²) >= 11 is 0. The summed E-state index contributed by atoms with van der Waals surface area (Å²) in [6, 6.07) is 43.0. The third-order valence-electron chi connectivity index (χ3n) is 11.4. The highest BCUT2D eigenvalue weighted by Crippen LogP contribution is 2.44. The van der Waals surface area contributed by atoms with E-state index in [1.807, 2.05) is 0 Å². The summed E-state index contributed by atoms with van der Waals surface area (Å²) in [6.07, 6.45) is 0. The van der Waals surface area contributed by atoms with Crippen LogP contribution >= 0.6 is 0 Å². The van der Waals surface area contributed by atoms with Crippen molar-refractivity contribution in [2.24, 2.45) is 0 Å². The monoisotopic (exact) mass is 718 g/mol. The Morgan fingerprint density at radius 2 is 0.648 bits per heavy atom. The van der Waals surface area contributed by atoms with Gasteiger partial charge in [0.05, 0.1) is 22.6 Å². The lowest BCUT2D eigenvalue weighted by atomic mass is 9.73. The lowest BCUT2D eigenvalue weighted by molar-refractivity contribution is 0.589. The van der Waals surface area contributed by atoms with Crippen molar-refractivity contribution >= 4 is 0 Å². The van der Waals surface area contributed by atoms with Crippen molar-refractivity contribution in [3.8, 4) is 0 Å². The van der Waals surface area contributed by atoms with Crippen molar-refractivity contribution in [2.45, 2.75) is 150 Å². The van der Waals surface area contributed by atoms with Crippen LogP contribution in [0.15, 0.2) is 109 Å². The molecule has 0 heterocycles. The maximum absolute atomic E-state index is 2.59. The summed E-state index contributed by atoms with van der Waals surface area (Å²) < 4.78 is 0. The van der Waals surface area contributed by atoms with Gasteiger partial charge in [-0.3, -0.25) is 0 Å². The Morgan fingerprint density at radius 3 is 0.926 bits per heavy atom. The summed E-state index contributed by atoms with van der Waals surface area (Å²) in [5.41, 5.74) is 16.5. The van der Waals surface area contributed by atoms with Gasteiger partial charge in [-0.15, -0.1) is 0 Å². The number of hydrogen-bond acceptors (Lipinski definition) is 0. The zero-order chi connectivity index (χ0) is 40.0. The van der Waals surface area contributed by atoms with Gasteiger partial charge < -0.3 is 0 Å². The molecule has 0 atom stereocenters. The van der Waals surface area contributed by atoms with E-state index in [9.17, 15) is 0 Å². The zero-order valence-electron chi connectivity index (χ0n) is 36.6. The Labute approximate surface area is 330 Å². The molecule has 54 heavy (non-hydrogen) atoms. The van der Waals surface area contributed by atoms with Crippen LogP contribution in [-0.2, 0) is 21.7 Å². The molecule has 0 radical (unpaired) electrons. The molecule has 0 aliphatic heterocycles. The molecule has 0 bridgehead atoms. The second kappa shape index (κ2) is 15.2. The first kappa shape index (κ1) is 41.1. The molecule has 0 aromatic heterocycles. The van der Waals surface area contributed by atoms with Crippen LogP contribution in [0.3, 0.4) is 0 Å². The lowest BCUT2D eigenvalue weighted by Gasteiger charge is -2.28. The molecule has 0 unspecified atom stereocenters. The Bertz CT molecular complexity index is 1730. The van der Waals surface area contributed by atoms with Crippen LogP contribution in [0.1, 0.15) is 195 Å². The van der Waals surface area contributed by atoms with Crippen LogP contribution in [0.25, 0.3) is 0 Å². The van der Waals surface area contributed by atoms with E-state index in [4.69, 9.17) is 0 Å². The van der Waals surface area contributed by atoms with E-state index < -0.39 is 0 Å². The molecule has 0 aliphatic carbocycles. The van der Waals surface area contributed by atoms with Gasteiger partial charge in [0, 0.05) is 11.5 Å². The first-order valence-corrected chi connectivity index (χ1v) is 20.4. The molecule has 0 fully saturated rings. The lowest BCUT2D eigenvalue weighted by Crippen LogP contribution is -2.16. The molecule has 284 valence electrons. The molecule has 0 heteroatoms.